The van der Waals surface area contributed by atoms with E-state index >= 15 is 0 Å². The van der Waals surface area contributed by atoms with Crippen LogP contribution in [0.3, 0.4) is 0 Å². The molecule has 2 aromatic carbocycles. The summed E-state index contributed by atoms with van der Waals surface area (Å²) in [4.78, 5) is 19.6. The lowest BCUT2D eigenvalue weighted by atomic mass is 10.0. The van der Waals surface area contributed by atoms with Gasteiger partial charge in [0.2, 0.25) is 10.0 Å². The van der Waals surface area contributed by atoms with Crippen LogP contribution in [0.25, 0.3) is 21.0 Å². The first-order valence-electron chi connectivity index (χ1n) is 12.9. The zero-order valence-corrected chi connectivity index (χ0v) is 23.0. The molecular weight excluding hydrogens is 504 g/mol. The Morgan fingerprint density at radius 1 is 1.11 bits per heavy atom. The van der Waals surface area contributed by atoms with Crippen molar-refractivity contribution in [2.24, 2.45) is 0 Å². The molecule has 1 fully saturated rings. The van der Waals surface area contributed by atoms with Crippen LogP contribution in [0.1, 0.15) is 41.4 Å². The Kier molecular flexibility index (Phi) is 7.55. The molecule has 37 heavy (non-hydrogen) atoms. The molecule has 1 aliphatic heterocycles. The maximum Gasteiger partial charge on any atom is 0.261 e. The fourth-order valence-corrected chi connectivity index (χ4v) is 6.93. The molecule has 5 rings (SSSR count). The van der Waals surface area contributed by atoms with E-state index in [-0.39, 0.29) is 11.9 Å². The van der Waals surface area contributed by atoms with Crippen molar-refractivity contribution in [3.05, 3.63) is 65.2 Å². The molecule has 1 saturated heterocycles. The molecule has 2 N–H and O–H groups in total. The fraction of sp³-hybridized carbons (Fsp3) is 0.393. The molecule has 0 spiro atoms. The number of H-pyrrole nitrogens is 1. The summed E-state index contributed by atoms with van der Waals surface area (Å²) in [7, 11) is -3.15. The molecule has 4 aromatic rings. The first kappa shape index (κ1) is 25.8. The first-order valence-corrected chi connectivity index (χ1v) is 15.6. The highest BCUT2D eigenvalue weighted by atomic mass is 32.2. The standard InChI is InChI=1S/C28H34N4O3S2/c1-3-4-7-22(16-21-19-29-25-9-6-5-8-24(21)25)30-28(33)27-17-20-10-11-23(18-26(20)36-27)31-12-14-32(15-13-31)37(2,34)35/h5-6,8-11,17-19,22,29H,3-4,7,12-16H2,1-2H3,(H,30,33). The molecule has 0 aliphatic carbocycles. The minimum atomic E-state index is -3.15. The molecule has 0 bridgehead atoms. The Balaban J connectivity index is 1.29. The number of nitrogens with zero attached hydrogens (tertiary/aromatic N) is 2. The lowest BCUT2D eigenvalue weighted by Gasteiger charge is -2.34. The second-order valence-electron chi connectivity index (χ2n) is 9.86. The van der Waals surface area contributed by atoms with Gasteiger partial charge in [-0.3, -0.25) is 4.79 Å². The minimum Gasteiger partial charge on any atom is -0.369 e. The van der Waals surface area contributed by atoms with Gasteiger partial charge < -0.3 is 15.2 Å². The quantitative estimate of drug-likeness (QED) is 0.314. The van der Waals surface area contributed by atoms with Crippen molar-refractivity contribution in [3.63, 3.8) is 0 Å². The molecule has 7 nitrogen and oxygen atoms in total. The average molecular weight is 539 g/mol. The van der Waals surface area contributed by atoms with E-state index in [4.69, 9.17) is 0 Å². The largest absolute Gasteiger partial charge is 0.369 e. The molecule has 1 unspecified atom stereocenters. The number of carbonyl (C=O) groups excluding carboxylic acids is 1. The predicted octanol–water partition coefficient (Wildman–Crippen LogP) is 5.00. The van der Waals surface area contributed by atoms with Crippen molar-refractivity contribution < 1.29 is 13.2 Å². The van der Waals surface area contributed by atoms with E-state index in [1.807, 2.05) is 12.1 Å². The van der Waals surface area contributed by atoms with E-state index in [0.29, 0.717) is 26.2 Å². The second kappa shape index (κ2) is 10.8. The van der Waals surface area contributed by atoms with Crippen LogP contribution in [0, 0.1) is 0 Å². The number of nitrogens with one attached hydrogen (secondary N) is 2. The summed E-state index contributed by atoms with van der Waals surface area (Å²) in [6.45, 7) is 4.47. The van der Waals surface area contributed by atoms with Crippen LogP contribution in [0.5, 0.6) is 0 Å². The summed E-state index contributed by atoms with van der Waals surface area (Å²) in [5, 5.41) is 5.58. The summed E-state index contributed by atoms with van der Waals surface area (Å²) < 4.78 is 26.2. The number of carbonyl (C=O) groups is 1. The van der Waals surface area contributed by atoms with Crippen molar-refractivity contribution in [1.82, 2.24) is 14.6 Å². The number of aromatic amines is 1. The zero-order valence-electron chi connectivity index (χ0n) is 21.4. The van der Waals surface area contributed by atoms with E-state index in [1.54, 1.807) is 0 Å². The third-order valence-corrected chi connectivity index (χ3v) is 9.58. The third kappa shape index (κ3) is 5.84. The number of fused-ring (bicyclic) bond motifs is 2. The number of amides is 1. The molecule has 196 valence electrons. The number of rotatable bonds is 9. The van der Waals surface area contributed by atoms with Gasteiger partial charge in [0.15, 0.2) is 0 Å². The van der Waals surface area contributed by atoms with Gasteiger partial charge in [0, 0.05) is 59.7 Å². The highest BCUT2D eigenvalue weighted by molar-refractivity contribution is 7.88. The topological polar surface area (TPSA) is 85.5 Å². The Morgan fingerprint density at radius 3 is 2.65 bits per heavy atom. The predicted molar refractivity (Wildman–Crippen MR) is 153 cm³/mol. The molecule has 9 heteroatoms. The normalized spacial score (nSPS) is 15.9. The minimum absolute atomic E-state index is 0.0227. The molecule has 3 heterocycles. The summed E-state index contributed by atoms with van der Waals surface area (Å²) >= 11 is 1.51. The molecule has 2 aromatic heterocycles. The van der Waals surface area contributed by atoms with Gasteiger partial charge >= 0.3 is 0 Å². The van der Waals surface area contributed by atoms with Gasteiger partial charge in [0.1, 0.15) is 0 Å². The van der Waals surface area contributed by atoms with Crippen LogP contribution in [-0.4, -0.2) is 62.1 Å². The van der Waals surface area contributed by atoms with E-state index in [1.165, 1.54) is 32.8 Å². The van der Waals surface area contributed by atoms with E-state index in [0.717, 1.165) is 51.9 Å². The van der Waals surface area contributed by atoms with Crippen LogP contribution in [0.2, 0.25) is 0 Å². The number of thiophene rings is 1. The Labute approximate surface area is 222 Å². The van der Waals surface area contributed by atoms with Gasteiger partial charge in [-0.15, -0.1) is 11.3 Å². The highest BCUT2D eigenvalue weighted by Gasteiger charge is 2.24. The Morgan fingerprint density at radius 2 is 1.89 bits per heavy atom. The molecule has 1 aliphatic rings. The van der Waals surface area contributed by atoms with Gasteiger partial charge in [-0.1, -0.05) is 44.0 Å². The number of hydrogen-bond acceptors (Lipinski definition) is 5. The highest BCUT2D eigenvalue weighted by Crippen LogP contribution is 2.31. The van der Waals surface area contributed by atoms with Crippen molar-refractivity contribution >= 4 is 53.9 Å². The molecule has 0 radical (unpaired) electrons. The average Bonchev–Trinajstić information content (AvgIpc) is 3.51. The Bertz CT molecular complexity index is 1500. The summed E-state index contributed by atoms with van der Waals surface area (Å²) in [5.74, 6) is -0.0227. The number of benzene rings is 2. The lowest BCUT2D eigenvalue weighted by molar-refractivity contribution is 0.0938. The van der Waals surface area contributed by atoms with Crippen LogP contribution in [-0.2, 0) is 16.4 Å². The smallest absolute Gasteiger partial charge is 0.261 e. The maximum atomic E-state index is 13.3. The summed E-state index contributed by atoms with van der Waals surface area (Å²) in [5.41, 5.74) is 3.42. The number of sulfonamides is 1. The van der Waals surface area contributed by atoms with Crippen molar-refractivity contribution in [1.29, 1.82) is 0 Å². The third-order valence-electron chi connectivity index (χ3n) is 7.18. The number of anilines is 1. The first-order chi connectivity index (χ1) is 17.8. The summed E-state index contributed by atoms with van der Waals surface area (Å²) in [6.07, 6.45) is 7.22. The molecule has 0 saturated carbocycles. The number of piperazine rings is 1. The monoisotopic (exact) mass is 538 g/mol. The molecular formula is C28H34N4O3S2. The molecule has 1 atom stereocenters. The van der Waals surface area contributed by atoms with Crippen molar-refractivity contribution in [2.45, 2.75) is 38.6 Å². The van der Waals surface area contributed by atoms with Gasteiger partial charge in [-0.05, 0) is 48.1 Å². The van der Waals surface area contributed by atoms with Crippen LogP contribution in [0.15, 0.2) is 54.7 Å². The number of para-hydroxylation sites is 1. The SMILES string of the molecule is CCCCC(Cc1c[nH]c2ccccc12)NC(=O)c1cc2ccc(N3CCN(S(C)(=O)=O)CC3)cc2s1. The van der Waals surface area contributed by atoms with Crippen LogP contribution < -0.4 is 10.2 Å². The van der Waals surface area contributed by atoms with Crippen molar-refractivity contribution in [3.8, 4) is 0 Å². The second-order valence-corrected chi connectivity index (χ2v) is 12.9. The van der Waals surface area contributed by atoms with Gasteiger partial charge in [0.05, 0.1) is 11.1 Å². The lowest BCUT2D eigenvalue weighted by Crippen LogP contribution is -2.48. The van der Waals surface area contributed by atoms with Crippen LogP contribution in [0.4, 0.5) is 5.69 Å². The zero-order chi connectivity index (χ0) is 26.0. The van der Waals surface area contributed by atoms with E-state index in [9.17, 15) is 13.2 Å². The van der Waals surface area contributed by atoms with Gasteiger partial charge in [-0.25, -0.2) is 8.42 Å². The summed E-state index contributed by atoms with van der Waals surface area (Å²) in [6, 6.07) is 16.6. The van der Waals surface area contributed by atoms with E-state index in [2.05, 4.69) is 64.7 Å². The number of aromatic nitrogens is 1. The fourth-order valence-electron chi connectivity index (χ4n) is 5.10. The molecule has 1 amide bonds. The van der Waals surface area contributed by atoms with Crippen LogP contribution >= 0.6 is 11.3 Å². The van der Waals surface area contributed by atoms with E-state index < -0.39 is 10.0 Å². The Hall–Kier alpha value is -2.88. The van der Waals surface area contributed by atoms with Crippen molar-refractivity contribution in [2.75, 3.05) is 37.3 Å². The number of hydrogen-bond donors (Lipinski definition) is 2. The van der Waals surface area contributed by atoms with Gasteiger partial charge in [0.25, 0.3) is 5.91 Å². The maximum absolute atomic E-state index is 13.3. The van der Waals surface area contributed by atoms with Gasteiger partial charge in [-0.2, -0.15) is 4.31 Å². The number of unbranched alkanes of at least 4 members (excludes halogenated alkanes) is 1.